The number of amides is 1. The van der Waals surface area contributed by atoms with E-state index in [1.54, 1.807) is 12.3 Å². The topological polar surface area (TPSA) is 88.5 Å². The minimum absolute atomic E-state index is 0.0615. The zero-order valence-corrected chi connectivity index (χ0v) is 17.5. The van der Waals surface area contributed by atoms with Crippen LogP contribution in [0.15, 0.2) is 71.5 Å². The average Bonchev–Trinajstić information content (AvgIpc) is 3.05. The molecule has 0 saturated heterocycles. The Hall–Kier alpha value is -3.19. The van der Waals surface area contributed by atoms with Crippen LogP contribution in [-0.4, -0.2) is 28.8 Å². The van der Waals surface area contributed by atoms with E-state index in [0.29, 0.717) is 10.0 Å². The quantitative estimate of drug-likeness (QED) is 0.539. The van der Waals surface area contributed by atoms with Gasteiger partial charge >= 0.3 is 12.1 Å². The van der Waals surface area contributed by atoms with E-state index in [0.717, 1.165) is 22.3 Å². The lowest BCUT2D eigenvalue weighted by molar-refractivity contribution is -0.137. The van der Waals surface area contributed by atoms with Crippen molar-refractivity contribution in [1.82, 2.24) is 10.3 Å². The maximum atomic E-state index is 12.5. The fraction of sp³-hybridized carbons (Fsp3) is 0.174. The van der Waals surface area contributed by atoms with Gasteiger partial charge in [-0.1, -0.05) is 48.5 Å². The van der Waals surface area contributed by atoms with Crippen molar-refractivity contribution in [2.75, 3.05) is 6.61 Å². The number of halogens is 1. The molecule has 7 heteroatoms. The molecule has 2 N–H and O–H groups in total. The Morgan fingerprint density at radius 1 is 1.07 bits per heavy atom. The molecule has 30 heavy (non-hydrogen) atoms. The number of aliphatic carboxylic acids is 1. The molecule has 2 aromatic carbocycles. The number of aromatic nitrogens is 1. The fourth-order valence-electron chi connectivity index (χ4n) is 3.83. The van der Waals surface area contributed by atoms with E-state index in [-0.39, 0.29) is 18.9 Å². The van der Waals surface area contributed by atoms with Crippen molar-refractivity contribution in [1.29, 1.82) is 0 Å². The summed E-state index contributed by atoms with van der Waals surface area (Å²) in [5.74, 6) is -1.09. The van der Waals surface area contributed by atoms with Gasteiger partial charge in [0.05, 0.1) is 12.5 Å². The van der Waals surface area contributed by atoms with E-state index >= 15 is 0 Å². The molecule has 1 heterocycles. The molecule has 1 aromatic heterocycles. The fourth-order valence-corrected chi connectivity index (χ4v) is 4.21. The number of nitrogens with zero attached hydrogens (tertiary/aromatic N) is 1. The van der Waals surface area contributed by atoms with Crippen molar-refractivity contribution >= 4 is 28.0 Å². The van der Waals surface area contributed by atoms with Gasteiger partial charge in [-0.3, -0.25) is 9.78 Å². The molecule has 0 spiro atoms. The lowest BCUT2D eigenvalue weighted by atomic mass is 9.98. The molecule has 0 fully saturated rings. The second-order valence-corrected chi connectivity index (χ2v) is 7.97. The van der Waals surface area contributed by atoms with E-state index in [2.05, 4.69) is 38.4 Å². The number of hydrogen-bond acceptors (Lipinski definition) is 4. The lowest BCUT2D eigenvalue weighted by Gasteiger charge is -2.19. The molecule has 1 amide bonds. The van der Waals surface area contributed by atoms with Crippen LogP contribution in [-0.2, 0) is 9.53 Å². The molecule has 3 aromatic rings. The highest BCUT2D eigenvalue weighted by molar-refractivity contribution is 9.10. The number of fused-ring (bicyclic) bond motifs is 3. The van der Waals surface area contributed by atoms with Crippen LogP contribution in [0.25, 0.3) is 11.1 Å². The predicted octanol–water partition coefficient (Wildman–Crippen LogP) is 4.90. The summed E-state index contributed by atoms with van der Waals surface area (Å²) in [5.41, 5.74) is 5.10. The summed E-state index contributed by atoms with van der Waals surface area (Å²) in [6.07, 6.45) is 2.18. The van der Waals surface area contributed by atoms with Gasteiger partial charge in [0, 0.05) is 22.8 Å². The number of ether oxygens (including phenoxy) is 1. The SMILES string of the molecule is O=C(O)CC(NC(=O)OCC1c2ccccc2-c2ccccc21)c1cncc(Br)c1. The van der Waals surface area contributed by atoms with Crippen molar-refractivity contribution in [2.45, 2.75) is 18.4 Å². The van der Waals surface area contributed by atoms with Gasteiger partial charge in [0.25, 0.3) is 0 Å². The Balaban J connectivity index is 1.48. The normalized spacial score (nSPS) is 13.2. The number of carbonyl (C=O) groups is 2. The third-order valence-corrected chi connectivity index (χ3v) is 5.58. The molecule has 1 aliphatic rings. The summed E-state index contributed by atoms with van der Waals surface area (Å²) in [6.45, 7) is 0.163. The van der Waals surface area contributed by atoms with Crippen LogP contribution in [0.5, 0.6) is 0 Å². The standard InChI is InChI=1S/C23H19BrN2O4/c24-15-9-14(11-25-12-15)21(10-22(27)28)26-23(29)30-13-20-18-7-3-1-5-16(18)17-6-2-4-8-19(17)20/h1-9,11-12,20-21H,10,13H2,(H,26,29)(H,27,28). The zero-order chi connectivity index (χ0) is 21.1. The molecule has 0 radical (unpaired) electrons. The zero-order valence-electron chi connectivity index (χ0n) is 15.9. The van der Waals surface area contributed by atoms with Gasteiger partial charge < -0.3 is 15.2 Å². The van der Waals surface area contributed by atoms with E-state index in [9.17, 15) is 14.7 Å². The first-order chi connectivity index (χ1) is 14.5. The number of carboxylic acid groups (broad SMARTS) is 1. The van der Waals surface area contributed by atoms with E-state index in [1.807, 2.05) is 36.4 Å². The molecule has 152 valence electrons. The number of nitrogens with one attached hydrogen (secondary N) is 1. The Bertz CT molecular complexity index is 1060. The van der Waals surface area contributed by atoms with Gasteiger partial charge in [0.15, 0.2) is 0 Å². The molecule has 0 saturated carbocycles. The van der Waals surface area contributed by atoms with Crippen LogP contribution in [0.3, 0.4) is 0 Å². The second kappa shape index (κ2) is 8.67. The number of benzene rings is 2. The third-order valence-electron chi connectivity index (χ3n) is 5.14. The molecule has 0 aliphatic heterocycles. The smallest absolute Gasteiger partial charge is 0.407 e. The van der Waals surface area contributed by atoms with Crippen molar-refractivity contribution < 1.29 is 19.4 Å². The van der Waals surface area contributed by atoms with Gasteiger partial charge in [0.2, 0.25) is 0 Å². The largest absolute Gasteiger partial charge is 0.481 e. The Morgan fingerprint density at radius 2 is 1.70 bits per heavy atom. The highest BCUT2D eigenvalue weighted by Crippen LogP contribution is 2.44. The van der Waals surface area contributed by atoms with Gasteiger partial charge in [-0.15, -0.1) is 0 Å². The molecule has 4 rings (SSSR count). The van der Waals surface area contributed by atoms with Crippen molar-refractivity contribution in [3.8, 4) is 11.1 Å². The number of rotatable bonds is 6. The Kier molecular flexibility index (Phi) is 5.81. The van der Waals surface area contributed by atoms with Gasteiger partial charge in [-0.2, -0.15) is 0 Å². The third kappa shape index (κ3) is 4.21. The maximum absolute atomic E-state index is 12.5. The number of carboxylic acids is 1. The van der Waals surface area contributed by atoms with E-state index in [1.165, 1.54) is 6.20 Å². The maximum Gasteiger partial charge on any atom is 0.407 e. The predicted molar refractivity (Wildman–Crippen MR) is 115 cm³/mol. The molecule has 1 aliphatic carbocycles. The van der Waals surface area contributed by atoms with Crippen LogP contribution in [0, 0.1) is 0 Å². The molecular weight excluding hydrogens is 448 g/mol. The van der Waals surface area contributed by atoms with Crippen molar-refractivity contribution in [3.63, 3.8) is 0 Å². The first-order valence-electron chi connectivity index (χ1n) is 9.46. The monoisotopic (exact) mass is 466 g/mol. The number of pyridine rings is 1. The summed E-state index contributed by atoms with van der Waals surface area (Å²) in [4.78, 5) is 27.8. The summed E-state index contributed by atoms with van der Waals surface area (Å²) in [6, 6.07) is 17.1. The van der Waals surface area contributed by atoms with Gasteiger partial charge in [-0.25, -0.2) is 4.79 Å². The first-order valence-corrected chi connectivity index (χ1v) is 10.3. The summed E-state index contributed by atoms with van der Waals surface area (Å²) >= 11 is 3.32. The van der Waals surface area contributed by atoms with Crippen LogP contribution in [0.1, 0.15) is 35.1 Å². The molecule has 6 nitrogen and oxygen atoms in total. The summed E-state index contributed by atoms with van der Waals surface area (Å²) in [7, 11) is 0. The summed E-state index contributed by atoms with van der Waals surface area (Å²) < 4.78 is 6.23. The van der Waals surface area contributed by atoms with Crippen LogP contribution < -0.4 is 5.32 Å². The van der Waals surface area contributed by atoms with Crippen LogP contribution in [0.2, 0.25) is 0 Å². The van der Waals surface area contributed by atoms with Crippen LogP contribution >= 0.6 is 15.9 Å². The lowest BCUT2D eigenvalue weighted by Crippen LogP contribution is -2.31. The summed E-state index contributed by atoms with van der Waals surface area (Å²) in [5, 5.41) is 11.9. The van der Waals surface area contributed by atoms with Crippen molar-refractivity contribution in [3.05, 3.63) is 88.2 Å². The number of alkyl carbamates (subject to hydrolysis) is 1. The Morgan fingerprint density at radius 3 is 2.30 bits per heavy atom. The Labute approximate surface area is 182 Å². The highest BCUT2D eigenvalue weighted by Gasteiger charge is 2.29. The minimum atomic E-state index is -1.03. The average molecular weight is 467 g/mol. The van der Waals surface area contributed by atoms with Gasteiger partial charge in [-0.05, 0) is 49.8 Å². The molecular formula is C23H19BrN2O4. The molecule has 0 bridgehead atoms. The first kappa shape index (κ1) is 20.1. The number of carbonyl (C=O) groups excluding carboxylic acids is 1. The van der Waals surface area contributed by atoms with E-state index < -0.39 is 18.1 Å². The van der Waals surface area contributed by atoms with Crippen molar-refractivity contribution in [2.24, 2.45) is 0 Å². The number of hydrogen-bond donors (Lipinski definition) is 2. The molecule has 1 atom stereocenters. The van der Waals surface area contributed by atoms with Crippen LogP contribution in [0.4, 0.5) is 4.79 Å². The minimum Gasteiger partial charge on any atom is -0.481 e. The second-order valence-electron chi connectivity index (χ2n) is 7.06. The van der Waals surface area contributed by atoms with Gasteiger partial charge in [0.1, 0.15) is 6.61 Å². The van der Waals surface area contributed by atoms with E-state index in [4.69, 9.17) is 4.74 Å². The molecule has 1 unspecified atom stereocenters. The highest BCUT2D eigenvalue weighted by atomic mass is 79.9.